The second-order valence-corrected chi connectivity index (χ2v) is 7.69. The Morgan fingerprint density at radius 1 is 1.04 bits per heavy atom. The maximum absolute atomic E-state index is 12.6. The van der Waals surface area contributed by atoms with E-state index >= 15 is 0 Å². The number of ether oxygens (including phenoxy) is 1. The number of nitrogens with one attached hydrogen (secondary N) is 1. The lowest BCUT2D eigenvalue weighted by molar-refractivity contribution is 0.00326. The van der Waals surface area contributed by atoms with E-state index in [0.29, 0.717) is 21.3 Å². The Bertz CT molecular complexity index is 767. The zero-order chi connectivity index (χ0) is 19.3. The first-order valence-electron chi connectivity index (χ1n) is 8.66. The summed E-state index contributed by atoms with van der Waals surface area (Å²) in [7, 11) is 0. The smallest absolute Gasteiger partial charge is 0.340 e. The van der Waals surface area contributed by atoms with Gasteiger partial charge in [0.1, 0.15) is 11.1 Å². The fraction of sp³-hybridized carbons (Fsp3) is 0.333. The zero-order valence-electron chi connectivity index (χ0n) is 15.5. The molecule has 0 heterocycles. The molecule has 2 aromatic carbocycles. The molecule has 0 atom stereocenters. The van der Waals surface area contributed by atoms with Gasteiger partial charge in [-0.2, -0.15) is 0 Å². The van der Waals surface area contributed by atoms with Crippen LogP contribution in [0.3, 0.4) is 0 Å². The average Bonchev–Trinajstić information content (AvgIpc) is 2.61. The summed E-state index contributed by atoms with van der Waals surface area (Å²) >= 11 is 11.6. The number of rotatable bonds is 6. The molecule has 0 saturated heterocycles. The van der Waals surface area contributed by atoms with Gasteiger partial charge in [0, 0.05) is 11.3 Å². The molecule has 0 spiro atoms. The second kappa shape index (κ2) is 9.15. The topological polar surface area (TPSA) is 38.3 Å². The highest BCUT2D eigenvalue weighted by Crippen LogP contribution is 2.25. The lowest BCUT2D eigenvalue weighted by atomic mass is 9.96. The predicted molar refractivity (Wildman–Crippen MR) is 112 cm³/mol. The van der Waals surface area contributed by atoms with E-state index in [0.717, 1.165) is 5.56 Å². The lowest BCUT2D eigenvalue weighted by Gasteiger charge is -2.25. The van der Waals surface area contributed by atoms with Gasteiger partial charge in [-0.25, -0.2) is 4.79 Å². The molecule has 0 aromatic heterocycles. The zero-order valence-corrected chi connectivity index (χ0v) is 17.0. The second-order valence-electron chi connectivity index (χ2n) is 6.87. The molecule has 138 valence electrons. The summed E-state index contributed by atoms with van der Waals surface area (Å²) in [6.07, 6.45) is -0.166. The summed E-state index contributed by atoms with van der Waals surface area (Å²) in [5.74, 6) is 0.0334. The van der Waals surface area contributed by atoms with Crippen LogP contribution in [0.2, 0.25) is 5.02 Å². The molecule has 26 heavy (non-hydrogen) atoms. The molecule has 0 bridgehead atoms. The third-order valence-electron chi connectivity index (χ3n) is 4.04. The number of anilines is 1. The molecule has 0 aliphatic carbocycles. The average molecular weight is 390 g/mol. The molecule has 0 aliphatic rings. The van der Waals surface area contributed by atoms with Crippen LogP contribution >= 0.6 is 23.8 Å². The highest BCUT2D eigenvalue weighted by atomic mass is 35.5. The van der Waals surface area contributed by atoms with Gasteiger partial charge < -0.3 is 10.1 Å². The maximum Gasteiger partial charge on any atom is 0.340 e. The molecule has 0 amide bonds. The Hall–Kier alpha value is -1.91. The van der Waals surface area contributed by atoms with Crippen molar-refractivity contribution in [1.29, 1.82) is 0 Å². The third kappa shape index (κ3) is 5.29. The van der Waals surface area contributed by atoms with E-state index in [4.69, 9.17) is 28.6 Å². The molecule has 0 saturated carbocycles. The fourth-order valence-electron chi connectivity index (χ4n) is 2.78. The van der Waals surface area contributed by atoms with E-state index in [2.05, 4.69) is 5.32 Å². The Morgan fingerprint density at radius 3 is 2.23 bits per heavy atom. The largest absolute Gasteiger partial charge is 0.458 e. The van der Waals surface area contributed by atoms with Crippen molar-refractivity contribution >= 4 is 40.5 Å². The van der Waals surface area contributed by atoms with Crippen molar-refractivity contribution in [3.05, 3.63) is 64.7 Å². The lowest BCUT2D eigenvalue weighted by Crippen LogP contribution is -2.29. The molecule has 2 aromatic rings. The number of hydrogen-bond acceptors (Lipinski definition) is 3. The van der Waals surface area contributed by atoms with Crippen LogP contribution in [0, 0.1) is 11.8 Å². The first-order chi connectivity index (χ1) is 12.3. The van der Waals surface area contributed by atoms with Crippen molar-refractivity contribution in [3.8, 4) is 0 Å². The van der Waals surface area contributed by atoms with Gasteiger partial charge in [-0.05, 0) is 30.0 Å². The van der Waals surface area contributed by atoms with Gasteiger partial charge in [-0.3, -0.25) is 0 Å². The van der Waals surface area contributed by atoms with Gasteiger partial charge in [0.15, 0.2) is 0 Å². The fourth-order valence-corrected chi connectivity index (χ4v) is 3.23. The number of thiocarbonyl (C=S) groups is 1. The Morgan fingerprint density at radius 2 is 1.65 bits per heavy atom. The summed E-state index contributed by atoms with van der Waals surface area (Å²) < 4.78 is 5.70. The summed E-state index contributed by atoms with van der Waals surface area (Å²) in [6.45, 7) is 8.15. The normalized spacial score (nSPS) is 11.1. The van der Waals surface area contributed by atoms with Crippen molar-refractivity contribution < 1.29 is 9.53 Å². The van der Waals surface area contributed by atoms with E-state index in [1.807, 2.05) is 58.0 Å². The summed E-state index contributed by atoms with van der Waals surface area (Å²) in [5, 5.41) is 3.50. The Balaban J connectivity index is 2.18. The van der Waals surface area contributed by atoms with E-state index in [-0.39, 0.29) is 17.9 Å². The molecule has 5 heteroatoms. The number of benzene rings is 2. The molecule has 0 aliphatic heterocycles. The highest BCUT2D eigenvalue weighted by molar-refractivity contribution is 7.81. The summed E-state index contributed by atoms with van der Waals surface area (Å²) in [5.41, 5.74) is 1.93. The van der Waals surface area contributed by atoms with Crippen LogP contribution < -0.4 is 5.32 Å². The van der Waals surface area contributed by atoms with E-state index < -0.39 is 5.97 Å². The van der Waals surface area contributed by atoms with Crippen LogP contribution in [0.25, 0.3) is 0 Å². The number of carbonyl (C=O) groups is 1. The Kier molecular flexibility index (Phi) is 7.18. The van der Waals surface area contributed by atoms with E-state index in [1.165, 1.54) is 0 Å². The van der Waals surface area contributed by atoms with Crippen molar-refractivity contribution in [2.24, 2.45) is 11.8 Å². The first kappa shape index (κ1) is 20.4. The van der Waals surface area contributed by atoms with Crippen molar-refractivity contribution in [1.82, 2.24) is 0 Å². The third-order valence-corrected chi connectivity index (χ3v) is 4.70. The van der Waals surface area contributed by atoms with Crippen LogP contribution in [0.1, 0.15) is 43.6 Å². The van der Waals surface area contributed by atoms with Crippen LogP contribution in [0.15, 0.2) is 48.5 Å². The van der Waals surface area contributed by atoms with Gasteiger partial charge in [-0.15, -0.1) is 0 Å². The molecular formula is C21H24ClNO2S. The molecule has 0 fully saturated rings. The minimum atomic E-state index is -0.420. The Labute approximate surface area is 165 Å². The van der Waals surface area contributed by atoms with E-state index in [1.54, 1.807) is 18.2 Å². The SMILES string of the molecule is CC(C)C(OC(=O)c1cc(NC(=S)c2ccccc2)ccc1Cl)C(C)C. The van der Waals surface area contributed by atoms with Crippen LogP contribution in [-0.4, -0.2) is 17.1 Å². The van der Waals surface area contributed by atoms with E-state index in [9.17, 15) is 4.79 Å². The highest BCUT2D eigenvalue weighted by Gasteiger charge is 2.24. The van der Waals surface area contributed by atoms with Crippen molar-refractivity contribution in [3.63, 3.8) is 0 Å². The van der Waals surface area contributed by atoms with Gasteiger partial charge in [0.2, 0.25) is 0 Å². The predicted octanol–water partition coefficient (Wildman–Crippen LogP) is 5.97. The first-order valence-corrected chi connectivity index (χ1v) is 9.45. The standard InChI is InChI=1S/C21H24ClNO2S/c1-13(2)19(14(3)4)25-21(24)17-12-16(10-11-18(17)22)23-20(26)15-8-6-5-7-9-15/h5-14,19H,1-4H3,(H,23,26). The van der Waals surface area contributed by atoms with Crippen molar-refractivity contribution in [2.75, 3.05) is 5.32 Å². The number of esters is 1. The molecule has 0 unspecified atom stereocenters. The minimum Gasteiger partial charge on any atom is -0.458 e. The number of carbonyl (C=O) groups excluding carboxylic acids is 1. The molecule has 2 rings (SSSR count). The van der Waals surface area contributed by atoms with Gasteiger partial charge >= 0.3 is 5.97 Å². The van der Waals surface area contributed by atoms with Crippen LogP contribution in [0.5, 0.6) is 0 Å². The molecule has 3 nitrogen and oxygen atoms in total. The number of halogens is 1. The van der Waals surface area contributed by atoms with Crippen LogP contribution in [-0.2, 0) is 4.74 Å². The summed E-state index contributed by atoms with van der Waals surface area (Å²) in [6, 6.07) is 14.8. The minimum absolute atomic E-state index is 0.166. The quantitative estimate of drug-likeness (QED) is 0.488. The van der Waals surface area contributed by atoms with Gasteiger partial charge in [-0.1, -0.05) is 81.8 Å². The molecule has 1 N–H and O–H groups in total. The molecule has 0 radical (unpaired) electrons. The maximum atomic E-state index is 12.6. The number of hydrogen-bond donors (Lipinski definition) is 1. The van der Waals surface area contributed by atoms with Gasteiger partial charge in [0.05, 0.1) is 10.6 Å². The van der Waals surface area contributed by atoms with Crippen molar-refractivity contribution in [2.45, 2.75) is 33.8 Å². The summed E-state index contributed by atoms with van der Waals surface area (Å²) in [4.78, 5) is 13.2. The van der Waals surface area contributed by atoms with Crippen LogP contribution in [0.4, 0.5) is 5.69 Å². The van der Waals surface area contributed by atoms with Gasteiger partial charge in [0.25, 0.3) is 0 Å². The molecular weight excluding hydrogens is 366 g/mol. The monoisotopic (exact) mass is 389 g/mol.